The number of hydrogen-bond donors (Lipinski definition) is 1. The van der Waals surface area contributed by atoms with Gasteiger partial charge in [0, 0.05) is 21.8 Å². The van der Waals surface area contributed by atoms with Gasteiger partial charge in [0.2, 0.25) is 0 Å². The van der Waals surface area contributed by atoms with Crippen LogP contribution in [0.1, 0.15) is 66.9 Å². The average Bonchev–Trinajstić information content (AvgIpc) is 3.21. The topological polar surface area (TPSA) is 50.7 Å². The molecular weight excluding hydrogens is 476 g/mol. The van der Waals surface area contributed by atoms with Crippen molar-refractivity contribution in [3.8, 4) is 5.75 Å². The number of halogens is 1. The van der Waals surface area contributed by atoms with E-state index in [1.165, 1.54) is 4.88 Å². The number of rotatable bonds is 7. The summed E-state index contributed by atoms with van der Waals surface area (Å²) in [5.41, 5.74) is 3.78. The van der Waals surface area contributed by atoms with Gasteiger partial charge in [-0.15, -0.1) is 11.3 Å². The fourth-order valence-corrected chi connectivity index (χ4v) is 5.76. The van der Waals surface area contributed by atoms with E-state index in [1.54, 1.807) is 23.5 Å². The number of fused-ring (bicyclic) bond motifs is 1. The first-order valence-electron chi connectivity index (χ1n) is 12.2. The normalized spacial score (nSPS) is 15.7. The molecule has 0 aliphatic heterocycles. The van der Waals surface area contributed by atoms with E-state index in [2.05, 4.69) is 33.0 Å². The van der Waals surface area contributed by atoms with Gasteiger partial charge in [0.05, 0.1) is 12.2 Å². The first-order valence-corrected chi connectivity index (χ1v) is 13.4. The van der Waals surface area contributed by atoms with Crippen LogP contribution in [0.15, 0.2) is 53.5 Å². The van der Waals surface area contributed by atoms with Gasteiger partial charge in [-0.05, 0) is 96.7 Å². The smallest absolute Gasteiger partial charge is 0.259 e. The number of hydrogen-bond acceptors (Lipinski definition) is 4. The Kier molecular flexibility index (Phi) is 7.98. The van der Waals surface area contributed by atoms with Crippen molar-refractivity contribution in [3.63, 3.8) is 0 Å². The molecule has 2 aromatic carbocycles. The molecule has 184 valence electrons. The second-order valence-electron chi connectivity index (χ2n) is 10.1. The highest BCUT2D eigenvalue weighted by atomic mass is 35.5. The summed E-state index contributed by atoms with van der Waals surface area (Å²) >= 11 is 7.67. The Morgan fingerprint density at radius 3 is 2.54 bits per heavy atom. The zero-order valence-corrected chi connectivity index (χ0v) is 22.4. The highest BCUT2D eigenvalue weighted by Crippen LogP contribution is 2.45. The number of ether oxygens (including phenoxy) is 1. The number of nitrogens with zero attached hydrogens (tertiary/aromatic N) is 1. The van der Waals surface area contributed by atoms with Crippen molar-refractivity contribution in [2.75, 3.05) is 11.9 Å². The molecule has 6 heteroatoms. The number of carbonyl (C=O) groups is 1. The van der Waals surface area contributed by atoms with Gasteiger partial charge in [-0.3, -0.25) is 4.79 Å². The number of thiophene rings is 1. The minimum atomic E-state index is -0.116. The van der Waals surface area contributed by atoms with Gasteiger partial charge in [-0.25, -0.2) is 4.99 Å². The Labute approximate surface area is 217 Å². The van der Waals surface area contributed by atoms with Crippen LogP contribution in [0.2, 0.25) is 5.02 Å². The number of aliphatic imine (C=N–C) groups is 1. The lowest BCUT2D eigenvalue weighted by Crippen LogP contribution is -2.27. The second kappa shape index (κ2) is 11.0. The van der Waals surface area contributed by atoms with E-state index in [0.29, 0.717) is 23.1 Å². The summed E-state index contributed by atoms with van der Waals surface area (Å²) in [7, 11) is 0. The van der Waals surface area contributed by atoms with Gasteiger partial charge in [-0.2, -0.15) is 0 Å². The van der Waals surface area contributed by atoms with Gasteiger partial charge in [-0.1, -0.05) is 39.3 Å². The largest absolute Gasteiger partial charge is 0.494 e. The van der Waals surface area contributed by atoms with E-state index in [1.807, 2.05) is 42.6 Å². The lowest BCUT2D eigenvalue weighted by molar-refractivity contribution is 0.102. The summed E-state index contributed by atoms with van der Waals surface area (Å²) in [6.45, 7) is 9.70. The molecular formula is C29H33ClN2O2S. The molecule has 1 aromatic heterocycles. The van der Waals surface area contributed by atoms with Crippen LogP contribution in [0, 0.1) is 11.3 Å². The van der Waals surface area contributed by atoms with Crippen molar-refractivity contribution in [1.82, 2.24) is 0 Å². The van der Waals surface area contributed by atoms with Gasteiger partial charge >= 0.3 is 0 Å². The predicted octanol–water partition coefficient (Wildman–Crippen LogP) is 8.34. The summed E-state index contributed by atoms with van der Waals surface area (Å²) in [5, 5.41) is 4.45. The van der Waals surface area contributed by atoms with Gasteiger partial charge < -0.3 is 10.1 Å². The fourth-order valence-electron chi connectivity index (χ4n) is 4.37. The van der Waals surface area contributed by atoms with Crippen molar-refractivity contribution in [3.05, 3.63) is 75.1 Å². The lowest BCUT2D eigenvalue weighted by Gasteiger charge is -2.33. The number of benzene rings is 2. The molecule has 3 aromatic rings. The summed E-state index contributed by atoms with van der Waals surface area (Å²) < 4.78 is 5.68. The molecule has 0 unspecified atom stereocenters. The zero-order chi connectivity index (χ0) is 25.0. The molecule has 1 N–H and O–H groups in total. The Morgan fingerprint density at radius 1 is 1.17 bits per heavy atom. The first kappa shape index (κ1) is 25.5. The SMILES string of the molecule is CCCOc1ccc(C=Nc2sc3c(c2C(=O)Nc2ccc(Cl)cc2)CC[C@H](C(C)(C)C)C3)cc1. The Hall–Kier alpha value is -2.63. The highest BCUT2D eigenvalue weighted by molar-refractivity contribution is 7.16. The maximum Gasteiger partial charge on any atom is 0.259 e. The third-order valence-electron chi connectivity index (χ3n) is 6.48. The van der Waals surface area contributed by atoms with E-state index >= 15 is 0 Å². The number of carbonyl (C=O) groups excluding carboxylic acids is 1. The molecule has 1 heterocycles. The molecule has 4 rings (SSSR count). The fraction of sp³-hybridized carbons (Fsp3) is 0.379. The molecule has 1 atom stereocenters. The Morgan fingerprint density at radius 2 is 1.89 bits per heavy atom. The van der Waals surface area contributed by atoms with Crippen molar-refractivity contribution in [2.45, 2.75) is 53.4 Å². The second-order valence-corrected chi connectivity index (χ2v) is 11.6. The van der Waals surface area contributed by atoms with Crippen LogP contribution in [-0.4, -0.2) is 18.7 Å². The number of anilines is 1. The summed E-state index contributed by atoms with van der Waals surface area (Å²) in [4.78, 5) is 19.6. The van der Waals surface area contributed by atoms with Crippen LogP contribution < -0.4 is 10.1 Å². The predicted molar refractivity (Wildman–Crippen MR) is 148 cm³/mol. The van der Waals surface area contributed by atoms with Crippen LogP contribution in [-0.2, 0) is 12.8 Å². The van der Waals surface area contributed by atoms with Crippen molar-refractivity contribution in [1.29, 1.82) is 0 Å². The van der Waals surface area contributed by atoms with Gasteiger partial charge in [0.1, 0.15) is 10.8 Å². The highest BCUT2D eigenvalue weighted by Gasteiger charge is 2.33. The quantitative estimate of drug-likeness (QED) is 0.326. The maximum absolute atomic E-state index is 13.5. The minimum Gasteiger partial charge on any atom is -0.494 e. The van der Waals surface area contributed by atoms with Crippen molar-refractivity contribution < 1.29 is 9.53 Å². The van der Waals surface area contributed by atoms with Crippen LogP contribution in [0.3, 0.4) is 0 Å². The average molecular weight is 509 g/mol. The molecule has 0 saturated carbocycles. The summed E-state index contributed by atoms with van der Waals surface area (Å²) in [6, 6.07) is 15.1. The molecule has 1 aliphatic carbocycles. The standard InChI is InChI=1S/C29H33ClN2O2S/c1-5-16-34-23-13-6-19(7-14-23)18-31-28-26(27(33)32-22-11-9-21(30)10-12-22)24-15-8-20(29(2,3)4)17-25(24)35-28/h6-7,9-14,18,20H,5,8,15-17H2,1-4H3,(H,32,33)/t20-/m0/s1. The zero-order valence-electron chi connectivity index (χ0n) is 20.9. The van der Waals surface area contributed by atoms with E-state index in [-0.39, 0.29) is 11.3 Å². The molecule has 1 amide bonds. The van der Waals surface area contributed by atoms with Gasteiger partial charge in [0.25, 0.3) is 5.91 Å². The van der Waals surface area contributed by atoms with E-state index in [0.717, 1.165) is 53.2 Å². The summed E-state index contributed by atoms with van der Waals surface area (Å²) in [5.74, 6) is 1.33. The Balaban J connectivity index is 1.63. The molecule has 4 nitrogen and oxygen atoms in total. The molecule has 0 bridgehead atoms. The first-order chi connectivity index (χ1) is 16.7. The molecule has 1 aliphatic rings. The third kappa shape index (κ3) is 6.33. The monoisotopic (exact) mass is 508 g/mol. The van der Waals surface area contributed by atoms with Gasteiger partial charge in [0.15, 0.2) is 0 Å². The lowest BCUT2D eigenvalue weighted by atomic mass is 9.72. The maximum atomic E-state index is 13.5. The molecule has 0 spiro atoms. The molecule has 0 fully saturated rings. The number of amides is 1. The van der Waals surface area contributed by atoms with E-state index in [4.69, 9.17) is 21.3 Å². The molecule has 0 saturated heterocycles. The van der Waals surface area contributed by atoms with E-state index in [9.17, 15) is 4.79 Å². The van der Waals surface area contributed by atoms with Crippen molar-refractivity contribution >= 4 is 45.7 Å². The molecule has 0 radical (unpaired) electrons. The van der Waals surface area contributed by atoms with E-state index < -0.39 is 0 Å². The summed E-state index contributed by atoms with van der Waals surface area (Å²) in [6.07, 6.45) is 5.78. The van der Waals surface area contributed by atoms with Crippen molar-refractivity contribution in [2.24, 2.45) is 16.3 Å². The van der Waals surface area contributed by atoms with Crippen LogP contribution >= 0.6 is 22.9 Å². The van der Waals surface area contributed by atoms with Crippen LogP contribution in [0.5, 0.6) is 5.75 Å². The minimum absolute atomic E-state index is 0.116. The molecule has 35 heavy (non-hydrogen) atoms. The van der Waals surface area contributed by atoms with Crippen LogP contribution in [0.25, 0.3) is 0 Å². The number of nitrogens with one attached hydrogen (secondary N) is 1. The van der Waals surface area contributed by atoms with Crippen LogP contribution in [0.4, 0.5) is 10.7 Å². The third-order valence-corrected chi connectivity index (χ3v) is 7.90. The Bertz CT molecular complexity index is 1190.